The fourth-order valence-corrected chi connectivity index (χ4v) is 2.61. The van der Waals surface area contributed by atoms with Crippen LogP contribution in [0.4, 0.5) is 5.69 Å². The zero-order chi connectivity index (χ0) is 23.3. The van der Waals surface area contributed by atoms with Gasteiger partial charge in [0.25, 0.3) is 15.8 Å². The standard InChI is InChI=1S/C19H15N3O4.CH4O3S/c1-11-8-15(5-7-17(11)22(24)25)19(23)26-16-6-4-12-9-14(18(20)21)3-2-13(12)10-16;1-5(2,3)4/h2-10H,1H3,(H3,20,21);1H3,(H,2,3,4). The molecule has 0 unspecified atom stereocenters. The van der Waals surface area contributed by atoms with E-state index in [1.807, 2.05) is 0 Å². The van der Waals surface area contributed by atoms with Crippen LogP contribution in [0.1, 0.15) is 21.5 Å². The number of fused-ring (bicyclic) bond motifs is 1. The number of aryl methyl sites for hydroxylation is 1. The van der Waals surface area contributed by atoms with Crippen molar-refractivity contribution in [2.24, 2.45) is 5.73 Å². The average Bonchev–Trinajstić information content (AvgIpc) is 2.65. The lowest BCUT2D eigenvalue weighted by Gasteiger charge is -2.07. The van der Waals surface area contributed by atoms with Gasteiger partial charge in [-0.15, -0.1) is 0 Å². The van der Waals surface area contributed by atoms with Gasteiger partial charge in [-0.2, -0.15) is 8.42 Å². The molecule has 0 spiro atoms. The summed E-state index contributed by atoms with van der Waals surface area (Å²) in [5.41, 5.74) is 6.67. The maximum absolute atomic E-state index is 12.3. The molecule has 0 heterocycles. The summed E-state index contributed by atoms with van der Waals surface area (Å²) in [5, 5.41) is 20.0. The molecule has 162 valence electrons. The number of carbonyl (C=O) groups is 1. The number of nitrogens with one attached hydrogen (secondary N) is 1. The number of nitro groups is 1. The van der Waals surface area contributed by atoms with Crippen molar-refractivity contribution in [2.75, 3.05) is 6.26 Å². The zero-order valence-electron chi connectivity index (χ0n) is 16.5. The van der Waals surface area contributed by atoms with Crippen molar-refractivity contribution in [3.05, 3.63) is 81.4 Å². The van der Waals surface area contributed by atoms with E-state index in [0.29, 0.717) is 23.1 Å². The van der Waals surface area contributed by atoms with Gasteiger partial charge in [-0.3, -0.25) is 20.1 Å². The minimum atomic E-state index is -3.67. The van der Waals surface area contributed by atoms with Gasteiger partial charge in [0.1, 0.15) is 11.6 Å². The molecule has 0 radical (unpaired) electrons. The predicted molar refractivity (Wildman–Crippen MR) is 115 cm³/mol. The van der Waals surface area contributed by atoms with E-state index in [2.05, 4.69) is 0 Å². The molecule has 0 aliphatic heterocycles. The van der Waals surface area contributed by atoms with Gasteiger partial charge in [0.2, 0.25) is 0 Å². The Labute approximate surface area is 177 Å². The van der Waals surface area contributed by atoms with Crippen LogP contribution in [0.25, 0.3) is 10.8 Å². The number of carbonyl (C=O) groups excluding carboxylic acids is 1. The van der Waals surface area contributed by atoms with Crippen LogP contribution in [-0.4, -0.2) is 36.0 Å². The fraction of sp³-hybridized carbons (Fsp3) is 0.100. The quantitative estimate of drug-likeness (QED) is 0.104. The van der Waals surface area contributed by atoms with Gasteiger partial charge in [0.15, 0.2) is 0 Å². The molecule has 0 fully saturated rings. The maximum Gasteiger partial charge on any atom is 0.343 e. The molecular weight excluding hydrogens is 426 g/mol. The van der Waals surface area contributed by atoms with Crippen LogP contribution in [-0.2, 0) is 10.1 Å². The fourth-order valence-electron chi connectivity index (χ4n) is 2.61. The third-order valence-electron chi connectivity index (χ3n) is 3.96. The molecule has 3 aromatic carbocycles. The molecule has 3 rings (SSSR count). The lowest BCUT2D eigenvalue weighted by atomic mass is 10.1. The molecule has 0 aliphatic rings. The van der Waals surface area contributed by atoms with E-state index in [-0.39, 0.29) is 17.1 Å². The molecule has 0 aromatic heterocycles. The molecule has 0 saturated carbocycles. The van der Waals surface area contributed by atoms with Gasteiger partial charge in [-0.05, 0) is 48.0 Å². The topological polar surface area (TPSA) is 174 Å². The van der Waals surface area contributed by atoms with E-state index in [1.54, 1.807) is 43.3 Å². The van der Waals surface area contributed by atoms with Crippen molar-refractivity contribution in [1.29, 1.82) is 5.41 Å². The largest absolute Gasteiger partial charge is 0.423 e. The molecule has 11 heteroatoms. The van der Waals surface area contributed by atoms with E-state index in [1.165, 1.54) is 18.2 Å². The Morgan fingerprint density at radius 3 is 2.16 bits per heavy atom. The van der Waals surface area contributed by atoms with Crippen LogP contribution in [0.2, 0.25) is 0 Å². The van der Waals surface area contributed by atoms with E-state index in [4.69, 9.17) is 20.4 Å². The first-order valence-electron chi connectivity index (χ1n) is 8.63. The van der Waals surface area contributed by atoms with E-state index in [0.717, 1.165) is 10.8 Å². The Bertz CT molecular complexity index is 1280. The normalized spacial score (nSPS) is 10.7. The number of nitrogens with two attached hydrogens (primary N) is 1. The van der Waals surface area contributed by atoms with E-state index >= 15 is 0 Å². The van der Waals surface area contributed by atoms with Crippen molar-refractivity contribution in [2.45, 2.75) is 6.92 Å². The smallest absolute Gasteiger partial charge is 0.343 e. The molecule has 31 heavy (non-hydrogen) atoms. The number of nitro benzene ring substituents is 1. The molecule has 0 amide bonds. The highest BCUT2D eigenvalue weighted by molar-refractivity contribution is 7.85. The second kappa shape index (κ2) is 9.32. The average molecular weight is 445 g/mol. The SMILES string of the molecule is CS(=O)(=O)O.Cc1cc(C(=O)Oc2ccc3cc(C(=N)N)ccc3c2)ccc1[N+](=O)[O-]. The number of esters is 1. The van der Waals surface area contributed by atoms with E-state index in [9.17, 15) is 23.3 Å². The van der Waals surface area contributed by atoms with Crippen LogP contribution in [0.15, 0.2) is 54.6 Å². The van der Waals surface area contributed by atoms with Gasteiger partial charge in [-0.1, -0.05) is 18.2 Å². The first-order chi connectivity index (χ1) is 14.3. The molecule has 0 atom stereocenters. The van der Waals surface area contributed by atoms with Gasteiger partial charge in [-0.25, -0.2) is 4.79 Å². The van der Waals surface area contributed by atoms with Gasteiger partial charge < -0.3 is 10.5 Å². The van der Waals surface area contributed by atoms with Gasteiger partial charge in [0.05, 0.1) is 16.7 Å². The molecular formula is C20H19N3O7S. The Kier molecular flexibility index (Phi) is 7.05. The second-order valence-electron chi connectivity index (χ2n) is 6.52. The monoisotopic (exact) mass is 445 g/mol. The third-order valence-corrected chi connectivity index (χ3v) is 3.96. The number of rotatable bonds is 4. The summed E-state index contributed by atoms with van der Waals surface area (Å²) in [7, 11) is -3.67. The Morgan fingerprint density at radius 2 is 1.61 bits per heavy atom. The van der Waals surface area contributed by atoms with Crippen LogP contribution >= 0.6 is 0 Å². The summed E-state index contributed by atoms with van der Waals surface area (Å²) in [6, 6.07) is 14.5. The summed E-state index contributed by atoms with van der Waals surface area (Å²) in [5.74, 6) is -0.257. The minimum absolute atomic E-state index is 0.0176. The van der Waals surface area contributed by atoms with Crippen LogP contribution in [0.3, 0.4) is 0 Å². The zero-order valence-corrected chi connectivity index (χ0v) is 17.3. The molecule has 0 bridgehead atoms. The van der Waals surface area contributed by atoms with Crippen molar-refractivity contribution in [3.63, 3.8) is 0 Å². The minimum Gasteiger partial charge on any atom is -0.423 e. The Morgan fingerprint density at radius 1 is 1.06 bits per heavy atom. The second-order valence-corrected chi connectivity index (χ2v) is 7.98. The van der Waals surface area contributed by atoms with Crippen molar-refractivity contribution >= 4 is 38.4 Å². The molecule has 0 saturated heterocycles. The highest BCUT2D eigenvalue weighted by Crippen LogP contribution is 2.24. The number of amidine groups is 1. The summed E-state index contributed by atoms with van der Waals surface area (Å²) in [6.45, 7) is 1.57. The summed E-state index contributed by atoms with van der Waals surface area (Å²) < 4.78 is 31.2. The summed E-state index contributed by atoms with van der Waals surface area (Å²) in [6.07, 6.45) is 0.715. The number of ether oxygens (including phenoxy) is 1. The van der Waals surface area contributed by atoms with Crippen LogP contribution in [0.5, 0.6) is 5.75 Å². The number of hydrogen-bond acceptors (Lipinski definition) is 7. The third kappa shape index (κ3) is 6.87. The summed E-state index contributed by atoms with van der Waals surface area (Å²) >= 11 is 0. The van der Waals surface area contributed by atoms with Crippen molar-refractivity contribution in [1.82, 2.24) is 0 Å². The highest BCUT2D eigenvalue weighted by atomic mass is 32.2. The Hall–Kier alpha value is -3.83. The summed E-state index contributed by atoms with van der Waals surface area (Å²) in [4.78, 5) is 22.6. The molecule has 0 aliphatic carbocycles. The first-order valence-corrected chi connectivity index (χ1v) is 10.5. The van der Waals surface area contributed by atoms with Crippen molar-refractivity contribution < 1.29 is 27.4 Å². The van der Waals surface area contributed by atoms with Gasteiger partial charge >= 0.3 is 5.97 Å². The maximum atomic E-state index is 12.3. The lowest BCUT2D eigenvalue weighted by molar-refractivity contribution is -0.385. The number of benzene rings is 3. The Balaban J connectivity index is 0.000000614. The van der Waals surface area contributed by atoms with Crippen LogP contribution in [0, 0.1) is 22.4 Å². The predicted octanol–water partition coefficient (Wildman–Crippen LogP) is 3.06. The first kappa shape index (κ1) is 23.4. The van der Waals surface area contributed by atoms with Crippen molar-refractivity contribution in [3.8, 4) is 5.75 Å². The molecule has 10 nitrogen and oxygen atoms in total. The lowest BCUT2D eigenvalue weighted by Crippen LogP contribution is -2.10. The molecule has 4 N–H and O–H groups in total. The van der Waals surface area contributed by atoms with Gasteiger partial charge in [0, 0.05) is 17.2 Å². The highest BCUT2D eigenvalue weighted by Gasteiger charge is 2.15. The number of nitrogen functional groups attached to an aromatic ring is 1. The number of nitrogens with zero attached hydrogens (tertiary/aromatic N) is 1. The molecule has 3 aromatic rings. The van der Waals surface area contributed by atoms with E-state index < -0.39 is 21.0 Å². The number of hydrogen-bond donors (Lipinski definition) is 3. The van der Waals surface area contributed by atoms with Crippen LogP contribution < -0.4 is 10.5 Å².